The first-order valence-corrected chi connectivity index (χ1v) is 18.2. The number of rotatable bonds is 6. The van der Waals surface area contributed by atoms with Crippen LogP contribution in [0.25, 0.3) is 82.1 Å². The van der Waals surface area contributed by atoms with Crippen molar-refractivity contribution in [3.63, 3.8) is 0 Å². The van der Waals surface area contributed by atoms with Gasteiger partial charge in [0.15, 0.2) is 0 Å². The van der Waals surface area contributed by atoms with E-state index in [1.807, 2.05) is 48.5 Å². The Morgan fingerprint density at radius 1 is 0.389 bits per heavy atom. The van der Waals surface area contributed by atoms with E-state index in [2.05, 4.69) is 137 Å². The zero-order valence-electron chi connectivity index (χ0n) is 34.1. The molecule has 2 nitrogen and oxygen atoms in total. The van der Waals surface area contributed by atoms with Gasteiger partial charge in [-0.3, -0.25) is 0 Å². The van der Waals surface area contributed by atoms with Gasteiger partial charge in [-0.1, -0.05) is 145 Å². The van der Waals surface area contributed by atoms with E-state index in [4.69, 9.17) is 6.85 Å². The van der Waals surface area contributed by atoms with E-state index in [0.29, 0.717) is 5.56 Å². The summed E-state index contributed by atoms with van der Waals surface area (Å²) < 4.78 is 44.6. The lowest BCUT2D eigenvalue weighted by Gasteiger charge is -2.25. The van der Waals surface area contributed by atoms with Crippen LogP contribution in [0.3, 0.4) is 0 Å². The lowest BCUT2D eigenvalue weighted by atomic mass is 9.88. The van der Waals surface area contributed by atoms with Gasteiger partial charge in [0.1, 0.15) is 0 Å². The Morgan fingerprint density at radius 2 is 0.963 bits per heavy atom. The van der Waals surface area contributed by atoms with Crippen LogP contribution in [0.2, 0.25) is 0 Å². The second kappa shape index (κ2) is 12.2. The third-order valence-electron chi connectivity index (χ3n) is 10.8. The molecule has 0 aliphatic rings. The van der Waals surface area contributed by atoms with Crippen LogP contribution >= 0.6 is 0 Å². The maximum atomic E-state index is 8.74. The number of nitrogens with zero attached hydrogens (tertiary/aromatic N) is 2. The number of anilines is 3. The third kappa shape index (κ3) is 4.74. The second-order valence-corrected chi connectivity index (χ2v) is 13.8. The van der Waals surface area contributed by atoms with Crippen LogP contribution in [-0.4, -0.2) is 4.57 Å². The molecule has 0 saturated carbocycles. The number of hydrogen-bond acceptors (Lipinski definition) is 1. The van der Waals surface area contributed by atoms with Crippen LogP contribution in [0, 0.1) is 0 Å². The summed E-state index contributed by atoms with van der Waals surface area (Å²) in [5, 5.41) is 9.18. The van der Waals surface area contributed by atoms with Crippen molar-refractivity contribution in [3.05, 3.63) is 206 Å². The van der Waals surface area contributed by atoms with Crippen LogP contribution in [0.1, 0.15) is 6.85 Å². The van der Waals surface area contributed by atoms with Crippen molar-refractivity contribution in [1.29, 1.82) is 0 Å². The number of hydrogen-bond donors (Lipinski definition) is 0. The van der Waals surface area contributed by atoms with Crippen molar-refractivity contribution in [2.24, 2.45) is 0 Å². The summed E-state index contributed by atoms with van der Waals surface area (Å²) >= 11 is 0. The molecule has 252 valence electrons. The van der Waals surface area contributed by atoms with E-state index in [9.17, 15) is 0 Å². The number of aromatic nitrogens is 1. The second-order valence-electron chi connectivity index (χ2n) is 13.8. The van der Waals surface area contributed by atoms with Crippen molar-refractivity contribution in [2.75, 3.05) is 4.90 Å². The molecule has 1 aromatic heterocycles. The van der Waals surface area contributed by atoms with Gasteiger partial charge in [0.25, 0.3) is 0 Å². The molecular weight excluding hydrogens is 653 g/mol. The summed E-state index contributed by atoms with van der Waals surface area (Å²) in [6, 6.07) is 60.0. The van der Waals surface area contributed by atoms with Crippen LogP contribution in [0.15, 0.2) is 206 Å². The Hall–Kier alpha value is -7.16. The molecule has 0 aliphatic carbocycles. The Labute approximate surface area is 320 Å². The fraction of sp³-hybridized carbons (Fsp3) is 0. The lowest BCUT2D eigenvalue weighted by Crippen LogP contribution is -2.09. The SMILES string of the molecule is [2H]c1c([2H])c([2H])c(-c2ccc3c4c5ccc6c(-c7ccc(N(c8ccccc8)c8ccccc8)cc7)ccc7ccc(cc4n(-c4ccccc4)c3c2)c5c76)c([2H])c1[2H]. The molecular formula is C52H34N2. The molecule has 0 unspecified atom stereocenters. The molecule has 0 amide bonds. The number of para-hydroxylation sites is 3. The smallest absolute Gasteiger partial charge is 0.0629 e. The van der Waals surface area contributed by atoms with Gasteiger partial charge in [-0.05, 0) is 115 Å². The van der Waals surface area contributed by atoms with Gasteiger partial charge in [0.2, 0.25) is 0 Å². The minimum Gasteiger partial charge on any atom is -0.311 e. The molecule has 0 atom stereocenters. The first kappa shape index (κ1) is 25.7. The minimum absolute atomic E-state index is 0.193. The largest absolute Gasteiger partial charge is 0.311 e. The molecule has 11 aromatic rings. The van der Waals surface area contributed by atoms with E-state index in [1.54, 1.807) is 0 Å². The standard InChI is InChI=1S/C52H34N2/c1-5-13-35(14-6-1)38-26-30-46-48(33-38)54(42-19-11-4-12-20-42)49-34-39-22-21-37-25-29-44(45-31-32-47(52(46)49)51(39)50(37)45)36-23-27-43(28-24-36)53(40-15-7-2-8-16-40)41-17-9-3-10-18-41/h1-34H/i1D,5D,6D,13D,14D. The average Bonchev–Trinajstić information content (AvgIpc) is 3.61. The average molecular weight is 692 g/mol. The molecule has 0 aliphatic heterocycles. The molecule has 0 radical (unpaired) electrons. The molecule has 54 heavy (non-hydrogen) atoms. The Kier molecular flexibility index (Phi) is 5.83. The first-order chi connectivity index (χ1) is 28.9. The predicted octanol–water partition coefficient (Wildman–Crippen LogP) is 14.5. The number of benzene rings is 10. The summed E-state index contributed by atoms with van der Waals surface area (Å²) in [5.74, 6) is 0. The van der Waals surface area contributed by atoms with Gasteiger partial charge in [0.05, 0.1) is 17.9 Å². The predicted molar refractivity (Wildman–Crippen MR) is 230 cm³/mol. The van der Waals surface area contributed by atoms with Gasteiger partial charge in [-0.25, -0.2) is 0 Å². The molecule has 0 bridgehead atoms. The lowest BCUT2D eigenvalue weighted by molar-refractivity contribution is 1.18. The highest BCUT2D eigenvalue weighted by molar-refractivity contribution is 6.34. The maximum Gasteiger partial charge on any atom is 0.0629 e. The fourth-order valence-corrected chi connectivity index (χ4v) is 8.43. The zero-order valence-corrected chi connectivity index (χ0v) is 29.1. The molecule has 0 saturated heterocycles. The van der Waals surface area contributed by atoms with Crippen LogP contribution < -0.4 is 4.90 Å². The normalized spacial score (nSPS) is 13.0. The van der Waals surface area contributed by atoms with Crippen molar-refractivity contribution >= 4 is 71.2 Å². The van der Waals surface area contributed by atoms with Gasteiger partial charge < -0.3 is 9.47 Å². The van der Waals surface area contributed by atoms with E-state index < -0.39 is 6.04 Å². The molecule has 1 heterocycles. The van der Waals surface area contributed by atoms with E-state index in [0.717, 1.165) is 60.9 Å². The van der Waals surface area contributed by atoms with Gasteiger partial charge in [-0.2, -0.15) is 0 Å². The van der Waals surface area contributed by atoms with E-state index >= 15 is 0 Å². The van der Waals surface area contributed by atoms with Crippen molar-refractivity contribution in [1.82, 2.24) is 4.57 Å². The highest BCUT2D eigenvalue weighted by atomic mass is 15.1. The maximum absolute atomic E-state index is 8.74. The van der Waals surface area contributed by atoms with Crippen LogP contribution in [0.4, 0.5) is 17.1 Å². The van der Waals surface area contributed by atoms with Crippen LogP contribution in [-0.2, 0) is 0 Å². The highest BCUT2D eigenvalue weighted by Crippen LogP contribution is 2.46. The highest BCUT2D eigenvalue weighted by Gasteiger charge is 2.20. The van der Waals surface area contributed by atoms with E-state index in [1.165, 1.54) is 27.1 Å². The van der Waals surface area contributed by atoms with Gasteiger partial charge in [0, 0.05) is 33.5 Å². The molecule has 0 spiro atoms. The summed E-state index contributed by atoms with van der Waals surface area (Å²) in [6.45, 7) is 0. The van der Waals surface area contributed by atoms with Crippen molar-refractivity contribution in [2.45, 2.75) is 0 Å². The summed E-state index contributed by atoms with van der Waals surface area (Å²) in [4.78, 5) is 2.28. The Balaban J connectivity index is 1.12. The summed E-state index contributed by atoms with van der Waals surface area (Å²) in [7, 11) is 0. The Bertz CT molecular complexity index is 3350. The summed E-state index contributed by atoms with van der Waals surface area (Å²) in [5.41, 5.74) is 9.25. The van der Waals surface area contributed by atoms with Crippen molar-refractivity contribution in [3.8, 4) is 27.9 Å². The monoisotopic (exact) mass is 691 g/mol. The van der Waals surface area contributed by atoms with E-state index in [-0.39, 0.29) is 29.7 Å². The molecule has 0 fully saturated rings. The fourth-order valence-electron chi connectivity index (χ4n) is 8.43. The van der Waals surface area contributed by atoms with Crippen LogP contribution in [0.5, 0.6) is 0 Å². The Morgan fingerprint density at radius 3 is 1.69 bits per heavy atom. The summed E-state index contributed by atoms with van der Waals surface area (Å²) in [6.07, 6.45) is 0. The molecule has 0 N–H and O–H groups in total. The quantitative estimate of drug-likeness (QED) is 0.158. The minimum atomic E-state index is -0.398. The van der Waals surface area contributed by atoms with Gasteiger partial charge in [-0.15, -0.1) is 0 Å². The molecule has 2 heteroatoms. The van der Waals surface area contributed by atoms with Crippen molar-refractivity contribution < 1.29 is 6.85 Å². The zero-order chi connectivity index (χ0) is 39.9. The topological polar surface area (TPSA) is 8.17 Å². The molecule has 11 rings (SSSR count). The molecule has 10 aromatic carbocycles. The number of fused-ring (bicyclic) bond motifs is 4. The van der Waals surface area contributed by atoms with Gasteiger partial charge >= 0.3 is 0 Å². The first-order valence-electron chi connectivity index (χ1n) is 20.7. The third-order valence-corrected chi connectivity index (χ3v) is 10.8.